The molecular formula is C21H19ClN8O4. The van der Waals surface area contributed by atoms with Crippen LogP contribution >= 0.6 is 11.6 Å². The highest BCUT2D eigenvalue weighted by atomic mass is 35.5. The lowest BCUT2D eigenvalue weighted by Crippen LogP contribution is -2.23. The Morgan fingerprint density at radius 3 is 2.62 bits per heavy atom. The van der Waals surface area contributed by atoms with E-state index < -0.39 is 4.92 Å². The van der Waals surface area contributed by atoms with E-state index in [1.165, 1.54) is 30.8 Å². The van der Waals surface area contributed by atoms with Crippen LogP contribution in [0, 0.1) is 10.1 Å². The summed E-state index contributed by atoms with van der Waals surface area (Å²) in [6, 6.07) is 7.78. The topological polar surface area (TPSA) is 157 Å². The third kappa shape index (κ3) is 4.66. The fraction of sp³-hybridized carbons (Fsp3) is 0.286. The van der Waals surface area contributed by atoms with Crippen LogP contribution in [0.3, 0.4) is 0 Å². The number of nitrogens with zero attached hydrogens (tertiary/aromatic N) is 6. The zero-order valence-electron chi connectivity index (χ0n) is 17.8. The van der Waals surface area contributed by atoms with Crippen molar-refractivity contribution in [1.29, 1.82) is 0 Å². The number of hydrogen-bond donors (Lipinski definition) is 2. The lowest BCUT2D eigenvalue weighted by Gasteiger charge is -2.23. The summed E-state index contributed by atoms with van der Waals surface area (Å²) >= 11 is 6.20. The van der Waals surface area contributed by atoms with E-state index in [1.807, 2.05) is 0 Å². The van der Waals surface area contributed by atoms with Gasteiger partial charge in [-0.05, 0) is 41.4 Å². The van der Waals surface area contributed by atoms with E-state index in [4.69, 9.17) is 20.6 Å². The zero-order chi connectivity index (χ0) is 23.5. The smallest absolute Gasteiger partial charge is 0.270 e. The van der Waals surface area contributed by atoms with E-state index in [0.29, 0.717) is 39.4 Å². The fourth-order valence-electron chi connectivity index (χ4n) is 3.80. The van der Waals surface area contributed by atoms with Gasteiger partial charge in [0.05, 0.1) is 16.2 Å². The van der Waals surface area contributed by atoms with Crippen LogP contribution in [0.4, 0.5) is 17.3 Å². The minimum atomic E-state index is -0.490. The maximum absolute atomic E-state index is 11.1. The summed E-state index contributed by atoms with van der Waals surface area (Å²) in [6.45, 7) is 0. The predicted molar refractivity (Wildman–Crippen MR) is 125 cm³/mol. The second-order valence-electron chi connectivity index (χ2n) is 7.80. The average Bonchev–Trinajstić information content (AvgIpc) is 3.49. The molecule has 0 saturated heterocycles. The van der Waals surface area contributed by atoms with Crippen molar-refractivity contribution in [2.45, 2.75) is 38.1 Å². The molecule has 3 heterocycles. The van der Waals surface area contributed by atoms with Gasteiger partial charge in [-0.25, -0.2) is 9.61 Å². The summed E-state index contributed by atoms with van der Waals surface area (Å²) in [5.74, 6) is 1.67. The Morgan fingerprint density at radius 1 is 1.09 bits per heavy atom. The quantitative estimate of drug-likeness (QED) is 0.208. The Kier molecular flexibility index (Phi) is 6.04. The zero-order valence-corrected chi connectivity index (χ0v) is 18.5. The molecular weight excluding hydrogens is 464 g/mol. The number of fused-ring (bicyclic) bond motifs is 1. The van der Waals surface area contributed by atoms with E-state index in [0.717, 1.165) is 25.7 Å². The minimum absolute atomic E-state index is 0.0815. The Balaban J connectivity index is 1.35. The Bertz CT molecular complexity index is 1360. The summed E-state index contributed by atoms with van der Waals surface area (Å²) < 4.78 is 10.5. The Morgan fingerprint density at radius 2 is 1.85 bits per heavy atom. The van der Waals surface area contributed by atoms with Gasteiger partial charge in [0.25, 0.3) is 5.69 Å². The van der Waals surface area contributed by atoms with Crippen molar-refractivity contribution in [2.75, 3.05) is 10.7 Å². The number of furan rings is 1. The van der Waals surface area contributed by atoms with Crippen molar-refractivity contribution in [3.8, 4) is 11.3 Å². The van der Waals surface area contributed by atoms with Crippen molar-refractivity contribution in [2.24, 2.45) is 5.10 Å². The van der Waals surface area contributed by atoms with Crippen LogP contribution in [0.5, 0.6) is 0 Å². The fourth-order valence-corrected chi connectivity index (χ4v) is 4.01. The molecule has 2 N–H and O–H groups in total. The number of nitro groups is 1. The number of nitro benzene ring substituents is 1. The molecule has 1 aliphatic carbocycles. The molecule has 1 aromatic carbocycles. The van der Waals surface area contributed by atoms with Gasteiger partial charge >= 0.3 is 0 Å². The molecule has 0 unspecified atom stereocenters. The second kappa shape index (κ2) is 9.43. The highest BCUT2D eigenvalue weighted by Crippen LogP contribution is 2.32. The molecule has 1 aliphatic rings. The standard InChI is InChI=1S/C21H19ClN8O4/c22-16-8-6-13(30(31)32)10-15(16)17-9-7-14(33-17)11-23-27-19-18(24-12-4-2-1-3-5-12)25-20-21(26-19)29-34-28-20/h6-12H,1-5H2,(H,24,25,28)(H,26,27,29)/b23-11-. The van der Waals surface area contributed by atoms with E-state index in [1.54, 1.807) is 12.1 Å². The largest absolute Gasteiger partial charge is 0.455 e. The molecule has 0 atom stereocenters. The molecule has 12 nitrogen and oxygen atoms in total. The number of aromatic nitrogens is 4. The van der Waals surface area contributed by atoms with E-state index in [-0.39, 0.29) is 17.4 Å². The molecule has 0 radical (unpaired) electrons. The lowest BCUT2D eigenvalue weighted by molar-refractivity contribution is -0.384. The minimum Gasteiger partial charge on any atom is -0.455 e. The van der Waals surface area contributed by atoms with Gasteiger partial charge in [0, 0.05) is 23.7 Å². The number of rotatable bonds is 7. The summed E-state index contributed by atoms with van der Waals surface area (Å²) in [4.78, 5) is 19.4. The van der Waals surface area contributed by atoms with Crippen LogP contribution in [0.25, 0.3) is 22.6 Å². The van der Waals surface area contributed by atoms with Crippen LogP contribution in [0.1, 0.15) is 37.9 Å². The number of nitrogens with one attached hydrogen (secondary N) is 2. The van der Waals surface area contributed by atoms with Gasteiger partial charge in [-0.1, -0.05) is 30.9 Å². The molecule has 4 aromatic rings. The van der Waals surface area contributed by atoms with Crippen molar-refractivity contribution >= 4 is 46.4 Å². The van der Waals surface area contributed by atoms with Gasteiger partial charge in [0.2, 0.25) is 11.3 Å². The van der Waals surface area contributed by atoms with Crippen molar-refractivity contribution in [3.05, 3.63) is 51.2 Å². The highest BCUT2D eigenvalue weighted by molar-refractivity contribution is 6.33. The summed E-state index contributed by atoms with van der Waals surface area (Å²) in [6.07, 6.45) is 7.11. The molecule has 5 rings (SSSR count). The van der Waals surface area contributed by atoms with Gasteiger partial charge in [-0.15, -0.1) is 0 Å². The number of anilines is 2. The molecule has 1 saturated carbocycles. The molecule has 3 aromatic heterocycles. The van der Waals surface area contributed by atoms with Crippen LogP contribution in [0.15, 0.2) is 44.5 Å². The van der Waals surface area contributed by atoms with Crippen LogP contribution in [-0.4, -0.2) is 37.5 Å². The van der Waals surface area contributed by atoms with Crippen molar-refractivity contribution in [1.82, 2.24) is 20.3 Å². The van der Waals surface area contributed by atoms with Gasteiger partial charge in [0.1, 0.15) is 11.5 Å². The molecule has 0 spiro atoms. The first kappa shape index (κ1) is 21.8. The molecule has 1 fully saturated rings. The third-order valence-electron chi connectivity index (χ3n) is 5.48. The first-order valence-corrected chi connectivity index (χ1v) is 11.0. The van der Waals surface area contributed by atoms with E-state index >= 15 is 0 Å². The Hall–Kier alpha value is -4.06. The predicted octanol–water partition coefficient (Wildman–Crippen LogP) is 5.03. The number of hydrogen-bond acceptors (Lipinski definition) is 11. The maximum atomic E-state index is 11.1. The Labute approximate surface area is 197 Å². The van der Waals surface area contributed by atoms with Gasteiger partial charge < -0.3 is 9.73 Å². The number of benzene rings is 1. The second-order valence-corrected chi connectivity index (χ2v) is 8.21. The SMILES string of the molecule is O=[N+]([O-])c1ccc(Cl)c(-c2ccc(/C=N\Nc3nc4nonc4nc3NC3CCCCC3)o2)c1. The highest BCUT2D eigenvalue weighted by Gasteiger charge is 2.19. The summed E-state index contributed by atoms with van der Waals surface area (Å²) in [7, 11) is 0. The number of halogens is 1. The molecule has 34 heavy (non-hydrogen) atoms. The van der Waals surface area contributed by atoms with Crippen molar-refractivity contribution in [3.63, 3.8) is 0 Å². The maximum Gasteiger partial charge on any atom is 0.270 e. The molecule has 0 aliphatic heterocycles. The monoisotopic (exact) mass is 482 g/mol. The van der Waals surface area contributed by atoms with Gasteiger partial charge in [-0.3, -0.25) is 15.5 Å². The average molecular weight is 483 g/mol. The van der Waals surface area contributed by atoms with Gasteiger partial charge in [-0.2, -0.15) is 10.1 Å². The molecule has 0 amide bonds. The molecule has 13 heteroatoms. The van der Waals surface area contributed by atoms with Crippen LogP contribution < -0.4 is 10.7 Å². The van der Waals surface area contributed by atoms with Crippen LogP contribution in [0.2, 0.25) is 5.02 Å². The summed E-state index contributed by atoms with van der Waals surface area (Å²) in [5.41, 5.74) is 3.76. The summed E-state index contributed by atoms with van der Waals surface area (Å²) in [5, 5.41) is 26.5. The number of non-ortho nitro benzene ring substituents is 1. The van der Waals surface area contributed by atoms with Crippen molar-refractivity contribution < 1.29 is 14.0 Å². The normalized spacial score (nSPS) is 14.6. The first-order valence-electron chi connectivity index (χ1n) is 10.7. The van der Waals surface area contributed by atoms with Gasteiger partial charge in [0.15, 0.2) is 11.6 Å². The third-order valence-corrected chi connectivity index (χ3v) is 5.81. The molecule has 174 valence electrons. The molecule has 0 bridgehead atoms. The lowest BCUT2D eigenvalue weighted by atomic mass is 9.95. The first-order chi connectivity index (χ1) is 16.6. The van der Waals surface area contributed by atoms with E-state index in [9.17, 15) is 10.1 Å². The number of hydrazone groups is 1. The van der Waals surface area contributed by atoms with E-state index in [2.05, 4.69) is 36.1 Å². The van der Waals surface area contributed by atoms with Crippen LogP contribution in [-0.2, 0) is 0 Å².